The first-order valence-electron chi connectivity index (χ1n) is 14.3. The van der Waals surface area contributed by atoms with Gasteiger partial charge >= 0.3 is 5.97 Å². The van der Waals surface area contributed by atoms with E-state index in [4.69, 9.17) is 9.47 Å². The number of hydrogen-bond donors (Lipinski definition) is 1. The molecule has 1 aliphatic heterocycles. The van der Waals surface area contributed by atoms with Crippen molar-refractivity contribution in [3.8, 4) is 5.75 Å². The molecule has 1 atom stereocenters. The molecule has 7 rings (SSSR count). The average molecular weight is 613 g/mol. The molecule has 2 heterocycles. The van der Waals surface area contributed by atoms with E-state index in [0.29, 0.717) is 46.6 Å². The number of esters is 1. The highest BCUT2D eigenvalue weighted by Gasteiger charge is 2.48. The molecule has 0 radical (unpaired) electrons. The Hall–Kier alpha value is -5.44. The summed E-state index contributed by atoms with van der Waals surface area (Å²) >= 11 is 1.12. The van der Waals surface area contributed by atoms with Gasteiger partial charge in [-0.05, 0) is 53.1 Å². The van der Waals surface area contributed by atoms with Gasteiger partial charge in [0, 0.05) is 23.1 Å². The molecule has 0 saturated heterocycles. The Kier molecular flexibility index (Phi) is 8.86. The maximum Gasteiger partial charge on any atom is 0.342 e. The number of aliphatic hydroxyl groups is 1. The van der Waals surface area contributed by atoms with E-state index < -0.39 is 11.8 Å². The highest BCUT2D eigenvalue weighted by molar-refractivity contribution is 7.00. The van der Waals surface area contributed by atoms with Crippen molar-refractivity contribution in [2.75, 3.05) is 0 Å². The molecular weight excluding hydrogens is 584 g/mol. The number of fused-ring (bicyclic) bond motifs is 1. The molecular formula is C37H28N2O5S. The second-order valence-corrected chi connectivity index (χ2v) is 10.9. The lowest BCUT2D eigenvalue weighted by Crippen LogP contribution is -2.29. The van der Waals surface area contributed by atoms with Gasteiger partial charge in [0.05, 0.1) is 17.3 Å². The third-order valence-electron chi connectivity index (χ3n) is 7.35. The Morgan fingerprint density at radius 1 is 0.756 bits per heavy atom. The maximum absolute atomic E-state index is 13.3. The molecule has 1 aromatic heterocycles. The number of carbonyl (C=O) groups is 2. The van der Waals surface area contributed by atoms with E-state index in [1.54, 1.807) is 36.4 Å². The first-order chi connectivity index (χ1) is 22.0. The van der Waals surface area contributed by atoms with Crippen molar-refractivity contribution in [1.29, 1.82) is 0 Å². The number of ether oxygens (including phenoxy) is 2. The molecule has 222 valence electrons. The standard InChI is InChI=1S/C30H22N2O4S.C7H6O/c33-29-28(22-11-16-26-27(18-22)32-37-31-26)25(17-20-7-3-1-4-8-20)30(34,36-29)23-12-14-24(15-13-23)35-19-21-9-5-2-6-10-21;8-6-7-4-2-1-3-5-7/h1-16,18,34H,17,19H2;1-6H. The summed E-state index contributed by atoms with van der Waals surface area (Å²) in [7, 11) is 0. The minimum atomic E-state index is -1.92. The van der Waals surface area contributed by atoms with E-state index in [-0.39, 0.29) is 0 Å². The van der Waals surface area contributed by atoms with E-state index >= 15 is 0 Å². The summed E-state index contributed by atoms with van der Waals surface area (Å²) in [5, 5.41) is 11.9. The van der Waals surface area contributed by atoms with Crippen molar-refractivity contribution >= 4 is 40.6 Å². The van der Waals surface area contributed by atoms with Gasteiger partial charge in [0.15, 0.2) is 0 Å². The molecule has 45 heavy (non-hydrogen) atoms. The number of cyclic esters (lactones) is 1. The van der Waals surface area contributed by atoms with Crippen LogP contribution in [0.2, 0.25) is 0 Å². The van der Waals surface area contributed by atoms with Crippen LogP contribution in [0.15, 0.2) is 139 Å². The predicted molar refractivity (Wildman–Crippen MR) is 174 cm³/mol. The largest absolute Gasteiger partial charge is 0.489 e. The SMILES string of the molecule is O=C1OC(O)(c2ccc(OCc3ccccc3)cc2)C(Cc2ccccc2)=C1c1ccc2nsnc2c1.O=Cc1ccccc1. The van der Waals surface area contributed by atoms with E-state index in [1.165, 1.54) is 0 Å². The Bertz CT molecular complexity index is 1940. The molecule has 1 N–H and O–H groups in total. The Morgan fingerprint density at radius 3 is 2.02 bits per heavy atom. The highest BCUT2D eigenvalue weighted by atomic mass is 32.1. The predicted octanol–water partition coefficient (Wildman–Crippen LogP) is 7.17. The minimum Gasteiger partial charge on any atom is -0.489 e. The molecule has 1 aliphatic rings. The van der Waals surface area contributed by atoms with Gasteiger partial charge in [0.2, 0.25) is 0 Å². The Labute approximate surface area is 264 Å². The van der Waals surface area contributed by atoms with Crippen LogP contribution in [0.25, 0.3) is 16.6 Å². The minimum absolute atomic E-state index is 0.331. The summed E-state index contributed by atoms with van der Waals surface area (Å²) in [6.45, 7) is 0.427. The van der Waals surface area contributed by atoms with Crippen molar-refractivity contribution in [3.63, 3.8) is 0 Å². The molecule has 1 unspecified atom stereocenters. The number of benzene rings is 5. The van der Waals surface area contributed by atoms with Gasteiger partial charge in [-0.1, -0.05) is 97.1 Å². The fraction of sp³-hybridized carbons (Fsp3) is 0.0811. The van der Waals surface area contributed by atoms with Crippen LogP contribution in [-0.2, 0) is 28.3 Å². The van der Waals surface area contributed by atoms with Gasteiger partial charge in [0.1, 0.15) is 29.7 Å². The van der Waals surface area contributed by atoms with Gasteiger partial charge in [-0.25, -0.2) is 4.79 Å². The first-order valence-corrected chi connectivity index (χ1v) is 15.0. The number of aldehydes is 1. The number of hydrogen-bond acceptors (Lipinski definition) is 8. The van der Waals surface area contributed by atoms with E-state index in [1.807, 2.05) is 97.1 Å². The molecule has 5 aromatic carbocycles. The van der Waals surface area contributed by atoms with Crippen molar-refractivity contribution < 1.29 is 24.2 Å². The summed E-state index contributed by atoms with van der Waals surface area (Å²) in [4.78, 5) is 23.3. The average Bonchev–Trinajstić information content (AvgIpc) is 3.67. The van der Waals surface area contributed by atoms with Crippen molar-refractivity contribution in [2.24, 2.45) is 0 Å². The van der Waals surface area contributed by atoms with Gasteiger partial charge in [-0.2, -0.15) is 8.75 Å². The molecule has 8 heteroatoms. The van der Waals surface area contributed by atoms with Gasteiger partial charge in [-0.3, -0.25) is 4.79 Å². The fourth-order valence-electron chi connectivity index (χ4n) is 5.06. The van der Waals surface area contributed by atoms with E-state index in [2.05, 4.69) is 8.75 Å². The van der Waals surface area contributed by atoms with Gasteiger partial charge in [0.25, 0.3) is 5.79 Å². The first kappa shape index (κ1) is 29.6. The zero-order chi connectivity index (χ0) is 31.1. The van der Waals surface area contributed by atoms with E-state index in [9.17, 15) is 14.7 Å². The second-order valence-electron chi connectivity index (χ2n) is 10.3. The number of rotatable bonds is 8. The zero-order valence-corrected chi connectivity index (χ0v) is 24.9. The van der Waals surface area contributed by atoms with Crippen LogP contribution in [0.3, 0.4) is 0 Å². The quantitative estimate of drug-likeness (QED) is 0.144. The van der Waals surface area contributed by atoms with Crippen molar-refractivity contribution in [1.82, 2.24) is 8.75 Å². The van der Waals surface area contributed by atoms with Crippen molar-refractivity contribution in [3.05, 3.63) is 167 Å². The van der Waals surface area contributed by atoms with Gasteiger partial charge < -0.3 is 14.6 Å². The van der Waals surface area contributed by atoms with Crippen LogP contribution in [0.5, 0.6) is 5.75 Å². The number of nitrogens with zero attached hydrogens (tertiary/aromatic N) is 2. The summed E-state index contributed by atoms with van der Waals surface area (Å²) in [5.41, 5.74) is 6.08. The highest BCUT2D eigenvalue weighted by Crippen LogP contribution is 2.45. The van der Waals surface area contributed by atoms with E-state index in [0.717, 1.165) is 40.2 Å². The molecule has 7 nitrogen and oxygen atoms in total. The lowest BCUT2D eigenvalue weighted by molar-refractivity contribution is -0.185. The number of carbonyl (C=O) groups excluding carboxylic acids is 2. The van der Waals surface area contributed by atoms with Crippen LogP contribution in [0, 0.1) is 0 Å². The fourth-order valence-corrected chi connectivity index (χ4v) is 5.58. The van der Waals surface area contributed by atoms with Crippen LogP contribution >= 0.6 is 11.7 Å². The molecule has 0 amide bonds. The third-order valence-corrected chi connectivity index (χ3v) is 7.91. The monoisotopic (exact) mass is 612 g/mol. The summed E-state index contributed by atoms with van der Waals surface area (Å²) in [5.74, 6) is -1.86. The molecule has 0 saturated carbocycles. The molecule has 0 aliphatic carbocycles. The number of aromatic nitrogens is 2. The normalized spacial score (nSPS) is 15.7. The molecule has 0 bridgehead atoms. The third kappa shape index (κ3) is 6.72. The van der Waals surface area contributed by atoms with Crippen molar-refractivity contribution in [2.45, 2.75) is 18.8 Å². The second kappa shape index (κ2) is 13.5. The lowest BCUT2D eigenvalue weighted by Gasteiger charge is -2.26. The maximum atomic E-state index is 13.3. The molecule has 0 spiro atoms. The topological polar surface area (TPSA) is 98.6 Å². The smallest absolute Gasteiger partial charge is 0.342 e. The summed E-state index contributed by atoms with van der Waals surface area (Å²) in [6.07, 6.45) is 1.16. The van der Waals surface area contributed by atoms with Gasteiger partial charge in [-0.15, -0.1) is 0 Å². The van der Waals surface area contributed by atoms with Crippen LogP contribution < -0.4 is 4.74 Å². The van der Waals surface area contributed by atoms with Crippen LogP contribution in [-0.4, -0.2) is 26.1 Å². The Balaban J connectivity index is 0.000000390. The summed E-state index contributed by atoms with van der Waals surface area (Å²) < 4.78 is 20.2. The zero-order valence-electron chi connectivity index (χ0n) is 24.1. The lowest BCUT2D eigenvalue weighted by atomic mass is 9.88. The molecule has 0 fully saturated rings. The van der Waals surface area contributed by atoms with Crippen LogP contribution in [0.1, 0.15) is 32.6 Å². The molecule has 6 aromatic rings. The summed E-state index contributed by atoms with van der Waals surface area (Å²) in [6, 6.07) is 41.1. The Morgan fingerprint density at radius 2 is 1.38 bits per heavy atom. The van der Waals surface area contributed by atoms with Crippen LogP contribution in [0.4, 0.5) is 0 Å².